The Labute approximate surface area is 172 Å². The largest absolute Gasteiger partial charge is 0.338 e. The van der Waals surface area contributed by atoms with E-state index in [4.69, 9.17) is 11.6 Å². The van der Waals surface area contributed by atoms with Crippen LogP contribution in [0.4, 0.5) is 0 Å². The Morgan fingerprint density at radius 1 is 1.23 bits per heavy atom. The van der Waals surface area contributed by atoms with Crippen LogP contribution in [0.1, 0.15) is 23.2 Å². The molecule has 1 aromatic heterocycles. The van der Waals surface area contributed by atoms with Gasteiger partial charge in [-0.05, 0) is 56.1 Å². The average molecular weight is 417 g/mol. The predicted octanol–water partition coefficient (Wildman–Crippen LogP) is 4.32. The van der Waals surface area contributed by atoms with Crippen LogP contribution in [0.25, 0.3) is 11.1 Å². The van der Waals surface area contributed by atoms with Gasteiger partial charge in [0.25, 0.3) is 5.91 Å². The van der Waals surface area contributed by atoms with Gasteiger partial charge in [0.15, 0.2) is 0 Å². The number of nitrogens with zero attached hydrogens (tertiary/aromatic N) is 2. The number of carbonyl (C=O) groups excluding carboxylic acids is 1. The van der Waals surface area contributed by atoms with Gasteiger partial charge < -0.3 is 10.2 Å². The second-order valence-corrected chi connectivity index (χ2v) is 6.72. The van der Waals surface area contributed by atoms with E-state index in [1.54, 1.807) is 12.4 Å². The molecule has 1 atom stereocenters. The van der Waals surface area contributed by atoms with Crippen molar-refractivity contribution in [2.45, 2.75) is 12.8 Å². The quantitative estimate of drug-likeness (QED) is 0.807. The van der Waals surface area contributed by atoms with Crippen LogP contribution < -0.4 is 5.32 Å². The van der Waals surface area contributed by atoms with E-state index in [9.17, 15) is 4.79 Å². The summed E-state index contributed by atoms with van der Waals surface area (Å²) >= 11 is 5.94. The topological polar surface area (TPSA) is 45.2 Å². The molecule has 2 aromatic rings. The van der Waals surface area contributed by atoms with Crippen molar-refractivity contribution in [1.82, 2.24) is 15.2 Å². The first kappa shape index (κ1) is 22.7. The lowest BCUT2D eigenvalue weighted by molar-refractivity contribution is 0.0674. The van der Waals surface area contributed by atoms with Crippen LogP contribution in [0, 0.1) is 5.92 Å². The molecule has 0 saturated carbocycles. The Morgan fingerprint density at radius 2 is 1.96 bits per heavy atom. The molecular formula is C19H24Cl3N3O. The Kier molecular flexibility index (Phi) is 9.37. The molecule has 1 aliphatic heterocycles. The van der Waals surface area contributed by atoms with E-state index in [0.717, 1.165) is 37.2 Å². The molecule has 26 heavy (non-hydrogen) atoms. The summed E-state index contributed by atoms with van der Waals surface area (Å²) in [5, 5.41) is 3.91. The van der Waals surface area contributed by atoms with Crippen molar-refractivity contribution in [3.63, 3.8) is 0 Å². The van der Waals surface area contributed by atoms with Crippen molar-refractivity contribution in [2.24, 2.45) is 5.92 Å². The van der Waals surface area contributed by atoms with Gasteiger partial charge in [-0.25, -0.2) is 0 Å². The number of rotatable bonds is 4. The summed E-state index contributed by atoms with van der Waals surface area (Å²) in [6, 6.07) is 9.49. The lowest BCUT2D eigenvalue weighted by Gasteiger charge is -2.32. The van der Waals surface area contributed by atoms with Crippen LogP contribution in [-0.2, 0) is 0 Å². The predicted molar refractivity (Wildman–Crippen MR) is 112 cm³/mol. The highest BCUT2D eigenvalue weighted by Gasteiger charge is 2.24. The van der Waals surface area contributed by atoms with Gasteiger partial charge in [0.2, 0.25) is 0 Å². The molecule has 0 bridgehead atoms. The molecule has 0 aliphatic carbocycles. The number of halogens is 3. The fourth-order valence-electron chi connectivity index (χ4n) is 3.24. The summed E-state index contributed by atoms with van der Waals surface area (Å²) in [6.45, 7) is 2.59. The number of carbonyl (C=O) groups is 1. The Morgan fingerprint density at radius 3 is 2.65 bits per heavy atom. The maximum Gasteiger partial charge on any atom is 0.255 e. The number of hydrogen-bond acceptors (Lipinski definition) is 3. The van der Waals surface area contributed by atoms with Gasteiger partial charge in [0, 0.05) is 36.1 Å². The summed E-state index contributed by atoms with van der Waals surface area (Å²) in [5.74, 6) is 0.597. The van der Waals surface area contributed by atoms with Crippen LogP contribution in [0.5, 0.6) is 0 Å². The van der Waals surface area contributed by atoms with E-state index >= 15 is 0 Å². The molecule has 4 nitrogen and oxygen atoms in total. The molecule has 1 fully saturated rings. The third kappa shape index (κ3) is 5.58. The minimum atomic E-state index is 0. The third-order valence-corrected chi connectivity index (χ3v) is 4.71. The number of hydrogen-bond donors (Lipinski definition) is 1. The van der Waals surface area contributed by atoms with E-state index in [1.807, 2.05) is 42.3 Å². The number of benzene rings is 1. The number of pyridine rings is 1. The standard InChI is InChI=1S/C19H22ClN3O.2ClH/c1-21-10-14-3-2-8-23(13-14)19(24)17-9-16(11-22-12-17)15-4-6-18(20)7-5-15;;/h4-7,9,11-12,14,21H,2-3,8,10,13H2,1H3;2*1H. The molecule has 0 spiro atoms. The van der Waals surface area contributed by atoms with Crippen LogP contribution in [0.2, 0.25) is 5.02 Å². The SMILES string of the molecule is CNCC1CCCN(C(=O)c2cncc(-c3ccc(Cl)cc3)c2)C1.Cl.Cl. The van der Waals surface area contributed by atoms with Crippen molar-refractivity contribution in [1.29, 1.82) is 0 Å². The third-order valence-electron chi connectivity index (χ3n) is 4.46. The van der Waals surface area contributed by atoms with E-state index < -0.39 is 0 Å². The smallest absolute Gasteiger partial charge is 0.255 e. The van der Waals surface area contributed by atoms with Gasteiger partial charge in [0.05, 0.1) is 5.56 Å². The second-order valence-electron chi connectivity index (χ2n) is 6.29. The van der Waals surface area contributed by atoms with Crippen molar-refractivity contribution in [3.05, 3.63) is 53.3 Å². The average Bonchev–Trinajstić information content (AvgIpc) is 2.62. The molecule has 1 amide bonds. The highest BCUT2D eigenvalue weighted by atomic mass is 35.5. The summed E-state index contributed by atoms with van der Waals surface area (Å²) in [4.78, 5) is 19.0. The van der Waals surface area contributed by atoms with Gasteiger partial charge in [-0.1, -0.05) is 23.7 Å². The number of aromatic nitrogens is 1. The van der Waals surface area contributed by atoms with Crippen molar-refractivity contribution >= 4 is 42.3 Å². The Hall–Kier alpha value is -1.33. The number of likely N-dealkylation sites (tertiary alicyclic amines) is 1. The zero-order valence-electron chi connectivity index (χ0n) is 14.7. The van der Waals surface area contributed by atoms with E-state index in [1.165, 1.54) is 6.42 Å². The zero-order chi connectivity index (χ0) is 16.9. The zero-order valence-corrected chi connectivity index (χ0v) is 17.0. The summed E-state index contributed by atoms with van der Waals surface area (Å²) in [5.41, 5.74) is 2.59. The van der Waals surface area contributed by atoms with Crippen molar-refractivity contribution in [3.8, 4) is 11.1 Å². The molecule has 1 N–H and O–H groups in total. The maximum atomic E-state index is 12.8. The maximum absolute atomic E-state index is 12.8. The van der Waals surface area contributed by atoms with E-state index in [0.29, 0.717) is 16.5 Å². The molecular weight excluding hydrogens is 393 g/mol. The first-order valence-electron chi connectivity index (χ1n) is 8.32. The summed E-state index contributed by atoms with van der Waals surface area (Å²) in [7, 11) is 1.96. The minimum Gasteiger partial charge on any atom is -0.338 e. The van der Waals surface area contributed by atoms with Crippen LogP contribution in [-0.4, -0.2) is 42.5 Å². The monoisotopic (exact) mass is 415 g/mol. The van der Waals surface area contributed by atoms with Gasteiger partial charge in [-0.2, -0.15) is 0 Å². The minimum absolute atomic E-state index is 0. The highest BCUT2D eigenvalue weighted by molar-refractivity contribution is 6.30. The van der Waals surface area contributed by atoms with Crippen LogP contribution in [0.3, 0.4) is 0 Å². The number of piperidine rings is 1. The van der Waals surface area contributed by atoms with Crippen molar-refractivity contribution < 1.29 is 4.79 Å². The number of nitrogens with one attached hydrogen (secondary N) is 1. The molecule has 1 aliphatic rings. The van der Waals surface area contributed by atoms with Gasteiger partial charge in [-0.3, -0.25) is 9.78 Å². The van der Waals surface area contributed by atoms with Gasteiger partial charge in [-0.15, -0.1) is 24.8 Å². The van der Waals surface area contributed by atoms with Gasteiger partial charge >= 0.3 is 0 Å². The molecule has 7 heteroatoms. The number of amides is 1. The van der Waals surface area contributed by atoms with Crippen molar-refractivity contribution in [2.75, 3.05) is 26.7 Å². The first-order valence-corrected chi connectivity index (χ1v) is 8.70. The molecule has 3 rings (SSSR count). The first-order chi connectivity index (χ1) is 11.7. The molecule has 1 unspecified atom stereocenters. The second kappa shape index (κ2) is 10.7. The summed E-state index contributed by atoms with van der Waals surface area (Å²) < 4.78 is 0. The van der Waals surface area contributed by atoms with Gasteiger partial charge in [0.1, 0.15) is 0 Å². The molecule has 0 radical (unpaired) electrons. The van der Waals surface area contributed by atoms with Crippen LogP contribution >= 0.6 is 36.4 Å². The molecule has 1 saturated heterocycles. The molecule has 1 aromatic carbocycles. The van der Waals surface area contributed by atoms with E-state index in [-0.39, 0.29) is 30.7 Å². The fraction of sp³-hybridized carbons (Fsp3) is 0.368. The lowest BCUT2D eigenvalue weighted by Crippen LogP contribution is -2.42. The lowest BCUT2D eigenvalue weighted by atomic mass is 9.97. The Bertz CT molecular complexity index is 707. The normalized spacial score (nSPS) is 16.4. The van der Waals surface area contributed by atoms with Crippen LogP contribution in [0.15, 0.2) is 42.7 Å². The fourth-order valence-corrected chi connectivity index (χ4v) is 3.37. The highest BCUT2D eigenvalue weighted by Crippen LogP contribution is 2.23. The summed E-state index contributed by atoms with van der Waals surface area (Å²) in [6.07, 6.45) is 5.67. The molecule has 2 heterocycles. The Balaban J connectivity index is 0.00000169. The molecule has 142 valence electrons. The van der Waals surface area contributed by atoms with E-state index in [2.05, 4.69) is 10.3 Å².